The monoisotopic (exact) mass is 208 g/mol. The lowest BCUT2D eigenvalue weighted by Crippen LogP contribution is -2.47. The summed E-state index contributed by atoms with van der Waals surface area (Å²) >= 11 is 0. The van der Waals surface area contributed by atoms with Gasteiger partial charge < -0.3 is 5.32 Å². The maximum absolute atomic E-state index is 12.9. The van der Waals surface area contributed by atoms with Gasteiger partial charge in [-0.3, -0.25) is 9.78 Å². The van der Waals surface area contributed by atoms with E-state index in [-0.39, 0.29) is 11.7 Å². The van der Waals surface area contributed by atoms with Crippen LogP contribution in [-0.2, 0) is 0 Å². The van der Waals surface area contributed by atoms with Gasteiger partial charge in [0.05, 0.1) is 6.20 Å². The number of hydrogen-bond acceptors (Lipinski definition) is 3. The Morgan fingerprint density at radius 3 is 2.87 bits per heavy atom. The number of aromatic nitrogens is 1. The highest BCUT2D eigenvalue weighted by Gasteiger charge is 2.29. The van der Waals surface area contributed by atoms with Gasteiger partial charge in [0.2, 0.25) is 0 Å². The number of nitrogens with zero attached hydrogens (tertiary/aromatic N) is 1. The van der Waals surface area contributed by atoms with Gasteiger partial charge in [0.15, 0.2) is 5.78 Å². The Bertz CT molecular complexity index is 377. The van der Waals surface area contributed by atoms with Crippen LogP contribution in [0.25, 0.3) is 0 Å². The van der Waals surface area contributed by atoms with E-state index in [1.807, 2.05) is 6.92 Å². The third kappa shape index (κ3) is 2.04. The largest absolute Gasteiger partial charge is 0.316 e. The van der Waals surface area contributed by atoms with Crippen LogP contribution in [0.1, 0.15) is 17.3 Å². The zero-order valence-electron chi connectivity index (χ0n) is 8.53. The lowest BCUT2D eigenvalue weighted by atomic mass is 9.84. The molecule has 0 amide bonds. The molecule has 0 bridgehead atoms. The molecular weight excluding hydrogens is 195 g/mol. The highest BCUT2D eigenvalue weighted by Crippen LogP contribution is 2.20. The SMILES string of the molecule is CC(C(=O)c1cncc(F)c1)C1CNC1. The second kappa shape index (κ2) is 4.06. The minimum absolute atomic E-state index is 0.0199. The lowest BCUT2D eigenvalue weighted by Gasteiger charge is -2.31. The molecular formula is C11H13FN2O. The third-order valence-corrected chi connectivity index (χ3v) is 2.92. The summed E-state index contributed by atoms with van der Waals surface area (Å²) in [5.41, 5.74) is 0.370. The molecule has 4 heteroatoms. The van der Waals surface area contributed by atoms with Gasteiger partial charge in [-0.2, -0.15) is 0 Å². The van der Waals surface area contributed by atoms with Gasteiger partial charge in [0.1, 0.15) is 5.82 Å². The van der Waals surface area contributed by atoms with Crippen molar-refractivity contribution in [3.63, 3.8) is 0 Å². The molecule has 15 heavy (non-hydrogen) atoms. The second-order valence-corrected chi connectivity index (χ2v) is 3.96. The normalized spacial score (nSPS) is 18.3. The van der Waals surface area contributed by atoms with Crippen molar-refractivity contribution in [2.75, 3.05) is 13.1 Å². The summed E-state index contributed by atoms with van der Waals surface area (Å²) in [6.07, 6.45) is 2.53. The number of hydrogen-bond donors (Lipinski definition) is 1. The van der Waals surface area contributed by atoms with Gasteiger partial charge in [-0.1, -0.05) is 6.92 Å². The van der Waals surface area contributed by atoms with Crippen molar-refractivity contribution in [1.82, 2.24) is 10.3 Å². The lowest BCUT2D eigenvalue weighted by molar-refractivity contribution is 0.0853. The number of nitrogens with one attached hydrogen (secondary N) is 1. The summed E-state index contributed by atoms with van der Waals surface area (Å²) in [6.45, 7) is 3.63. The maximum Gasteiger partial charge on any atom is 0.167 e. The fourth-order valence-corrected chi connectivity index (χ4v) is 1.69. The Morgan fingerprint density at radius 1 is 1.60 bits per heavy atom. The first-order valence-corrected chi connectivity index (χ1v) is 5.04. The van der Waals surface area contributed by atoms with Crippen LogP contribution in [0.2, 0.25) is 0 Å². The Labute approximate surface area is 87.7 Å². The molecule has 80 valence electrons. The predicted octanol–water partition coefficient (Wildman–Crippen LogP) is 1.26. The van der Waals surface area contributed by atoms with Crippen LogP contribution in [0.3, 0.4) is 0 Å². The minimum atomic E-state index is -0.459. The molecule has 2 heterocycles. The standard InChI is InChI=1S/C11H13FN2O/c1-7(9-4-13-5-9)11(15)8-2-10(12)6-14-3-8/h2-3,6-7,9,13H,4-5H2,1H3. The molecule has 2 rings (SSSR count). The van der Waals surface area contributed by atoms with E-state index in [2.05, 4.69) is 10.3 Å². The van der Waals surface area contributed by atoms with Crippen molar-refractivity contribution < 1.29 is 9.18 Å². The van der Waals surface area contributed by atoms with Crippen molar-refractivity contribution >= 4 is 5.78 Å². The quantitative estimate of drug-likeness (QED) is 0.760. The van der Waals surface area contributed by atoms with Crippen molar-refractivity contribution in [2.24, 2.45) is 11.8 Å². The summed E-state index contributed by atoms with van der Waals surface area (Å²) < 4.78 is 12.9. The van der Waals surface area contributed by atoms with Gasteiger partial charge >= 0.3 is 0 Å². The van der Waals surface area contributed by atoms with Crippen molar-refractivity contribution in [3.8, 4) is 0 Å². The first kappa shape index (κ1) is 10.2. The third-order valence-electron chi connectivity index (χ3n) is 2.92. The van der Waals surface area contributed by atoms with Crippen molar-refractivity contribution in [1.29, 1.82) is 0 Å². The average molecular weight is 208 g/mol. The fraction of sp³-hybridized carbons (Fsp3) is 0.455. The summed E-state index contributed by atoms with van der Waals surface area (Å²) in [5.74, 6) is -0.163. The number of carbonyl (C=O) groups is 1. The van der Waals surface area contributed by atoms with Gasteiger partial charge in [0, 0.05) is 17.7 Å². The number of pyridine rings is 1. The Hall–Kier alpha value is -1.29. The molecule has 0 spiro atoms. The molecule has 1 saturated heterocycles. The van der Waals surface area contributed by atoms with E-state index in [1.165, 1.54) is 12.3 Å². The molecule has 1 N–H and O–H groups in total. The zero-order valence-corrected chi connectivity index (χ0v) is 8.53. The van der Waals surface area contributed by atoms with Gasteiger partial charge in [-0.05, 0) is 25.1 Å². The van der Waals surface area contributed by atoms with E-state index in [9.17, 15) is 9.18 Å². The van der Waals surface area contributed by atoms with Crippen LogP contribution in [0.15, 0.2) is 18.5 Å². The molecule has 0 aromatic carbocycles. The Morgan fingerprint density at radius 2 is 2.33 bits per heavy atom. The number of rotatable bonds is 3. The van der Waals surface area contributed by atoms with E-state index in [1.54, 1.807) is 0 Å². The van der Waals surface area contributed by atoms with Crippen LogP contribution in [-0.4, -0.2) is 23.9 Å². The Balaban J connectivity index is 2.12. The summed E-state index contributed by atoms with van der Waals surface area (Å²) in [6, 6.07) is 1.25. The highest BCUT2D eigenvalue weighted by molar-refractivity contribution is 5.97. The summed E-state index contributed by atoms with van der Waals surface area (Å²) in [5, 5.41) is 3.12. The van der Waals surface area contributed by atoms with Gasteiger partial charge in [-0.25, -0.2) is 4.39 Å². The molecule has 1 aromatic rings. The molecule has 0 saturated carbocycles. The van der Waals surface area contributed by atoms with Gasteiger partial charge in [-0.15, -0.1) is 0 Å². The molecule has 1 atom stereocenters. The number of ketones is 1. The smallest absolute Gasteiger partial charge is 0.167 e. The topological polar surface area (TPSA) is 42.0 Å². The first-order chi connectivity index (χ1) is 7.18. The van der Waals surface area contributed by atoms with Crippen molar-refractivity contribution in [3.05, 3.63) is 29.8 Å². The van der Waals surface area contributed by atoms with Crippen LogP contribution >= 0.6 is 0 Å². The molecule has 1 aromatic heterocycles. The maximum atomic E-state index is 12.9. The molecule has 1 unspecified atom stereocenters. The molecule has 1 aliphatic heterocycles. The predicted molar refractivity (Wildman–Crippen MR) is 54.0 cm³/mol. The highest BCUT2D eigenvalue weighted by atomic mass is 19.1. The van der Waals surface area contributed by atoms with E-state index in [0.717, 1.165) is 19.3 Å². The molecule has 0 radical (unpaired) electrons. The summed E-state index contributed by atoms with van der Waals surface area (Å²) in [7, 11) is 0. The first-order valence-electron chi connectivity index (χ1n) is 5.04. The number of carbonyl (C=O) groups excluding carboxylic acids is 1. The fourth-order valence-electron chi connectivity index (χ4n) is 1.69. The van der Waals surface area contributed by atoms with Crippen LogP contribution in [0.4, 0.5) is 4.39 Å². The Kier molecular flexibility index (Phi) is 2.77. The molecule has 0 aliphatic carbocycles. The van der Waals surface area contributed by atoms with E-state index >= 15 is 0 Å². The number of halogens is 1. The van der Waals surface area contributed by atoms with E-state index < -0.39 is 5.82 Å². The van der Waals surface area contributed by atoms with Crippen LogP contribution in [0.5, 0.6) is 0 Å². The minimum Gasteiger partial charge on any atom is -0.316 e. The molecule has 1 fully saturated rings. The zero-order chi connectivity index (χ0) is 10.8. The van der Waals surface area contributed by atoms with Gasteiger partial charge in [0.25, 0.3) is 0 Å². The van der Waals surface area contributed by atoms with Crippen LogP contribution in [0, 0.1) is 17.7 Å². The van der Waals surface area contributed by atoms with Crippen LogP contribution < -0.4 is 5.32 Å². The summed E-state index contributed by atoms with van der Waals surface area (Å²) in [4.78, 5) is 15.6. The van der Waals surface area contributed by atoms with E-state index in [4.69, 9.17) is 0 Å². The average Bonchev–Trinajstić information content (AvgIpc) is 2.14. The second-order valence-electron chi connectivity index (χ2n) is 3.96. The van der Waals surface area contributed by atoms with Crippen molar-refractivity contribution in [2.45, 2.75) is 6.92 Å². The number of Topliss-reactive ketones (excluding diaryl/α,β-unsaturated/α-hetero) is 1. The molecule has 1 aliphatic rings. The van der Waals surface area contributed by atoms with E-state index in [0.29, 0.717) is 11.5 Å². The molecule has 3 nitrogen and oxygen atoms in total.